The average molecular weight is 430 g/mol. The fraction of sp³-hybridized carbons (Fsp3) is 0.667. The summed E-state index contributed by atoms with van der Waals surface area (Å²) in [6.07, 6.45) is 2.29. The van der Waals surface area contributed by atoms with E-state index >= 15 is 0 Å². The highest BCUT2D eigenvalue weighted by Crippen LogP contribution is 2.29. The van der Waals surface area contributed by atoms with E-state index in [-0.39, 0.29) is 29.9 Å². The first kappa shape index (κ1) is 23.5. The van der Waals surface area contributed by atoms with Crippen LogP contribution in [0.1, 0.15) is 38.7 Å². The third kappa shape index (κ3) is 5.39. The zero-order valence-electron chi connectivity index (χ0n) is 19.8. The van der Waals surface area contributed by atoms with Crippen LogP contribution >= 0.6 is 0 Å². The number of likely N-dealkylation sites (N-methyl/N-ethyl adjacent to an activating group) is 1. The van der Waals surface area contributed by atoms with Gasteiger partial charge in [-0.3, -0.25) is 19.4 Å². The molecule has 3 rings (SSSR count). The first-order chi connectivity index (χ1) is 14.8. The quantitative estimate of drug-likeness (QED) is 0.683. The number of benzene rings is 1. The smallest absolute Gasteiger partial charge is 0.239 e. The van der Waals surface area contributed by atoms with E-state index in [2.05, 4.69) is 51.3 Å². The lowest BCUT2D eigenvalue weighted by Crippen LogP contribution is -2.49. The molecule has 3 atom stereocenters. The van der Waals surface area contributed by atoms with Crippen molar-refractivity contribution < 1.29 is 9.59 Å². The lowest BCUT2D eigenvalue weighted by molar-refractivity contribution is -0.131. The molecule has 2 aliphatic rings. The van der Waals surface area contributed by atoms with Crippen LogP contribution < -0.4 is 10.2 Å². The lowest BCUT2D eigenvalue weighted by Gasteiger charge is -2.33. The van der Waals surface area contributed by atoms with E-state index in [1.54, 1.807) is 0 Å². The number of carbonyl (C=O) groups is 2. The number of fused-ring (bicyclic) bond motifs is 1. The van der Waals surface area contributed by atoms with Crippen molar-refractivity contribution in [3.63, 3.8) is 0 Å². The summed E-state index contributed by atoms with van der Waals surface area (Å²) >= 11 is 0. The van der Waals surface area contributed by atoms with Gasteiger partial charge in [-0.2, -0.15) is 0 Å². The van der Waals surface area contributed by atoms with Crippen LogP contribution in [0.3, 0.4) is 0 Å². The molecular formula is C24H39N5O2. The Balaban J connectivity index is 1.64. The van der Waals surface area contributed by atoms with Crippen LogP contribution in [0.2, 0.25) is 0 Å². The van der Waals surface area contributed by atoms with Gasteiger partial charge in [-0.05, 0) is 51.4 Å². The van der Waals surface area contributed by atoms with Crippen LogP contribution in [0, 0.1) is 0 Å². The first-order valence-corrected chi connectivity index (χ1v) is 11.6. The molecule has 3 unspecified atom stereocenters. The minimum absolute atomic E-state index is 0.122. The summed E-state index contributed by atoms with van der Waals surface area (Å²) in [6.45, 7) is 7.84. The first-order valence-electron chi connectivity index (χ1n) is 11.6. The van der Waals surface area contributed by atoms with Crippen molar-refractivity contribution in [3.8, 4) is 0 Å². The highest BCUT2D eigenvalue weighted by atomic mass is 16.2. The van der Waals surface area contributed by atoms with Gasteiger partial charge in [0.1, 0.15) is 6.04 Å². The molecular weight excluding hydrogens is 390 g/mol. The maximum Gasteiger partial charge on any atom is 0.239 e. The predicted molar refractivity (Wildman–Crippen MR) is 125 cm³/mol. The van der Waals surface area contributed by atoms with E-state index in [0.717, 1.165) is 39.0 Å². The number of rotatable bonds is 8. The van der Waals surface area contributed by atoms with Crippen molar-refractivity contribution in [1.29, 1.82) is 0 Å². The van der Waals surface area contributed by atoms with Crippen LogP contribution in [-0.4, -0.2) is 92.0 Å². The van der Waals surface area contributed by atoms with Crippen LogP contribution in [0.15, 0.2) is 24.3 Å². The molecule has 31 heavy (non-hydrogen) atoms. The minimum atomic E-state index is -0.137. The monoisotopic (exact) mass is 429 g/mol. The molecule has 2 fully saturated rings. The summed E-state index contributed by atoms with van der Waals surface area (Å²) in [5.74, 6) is 0.330. The van der Waals surface area contributed by atoms with Crippen molar-refractivity contribution in [3.05, 3.63) is 29.8 Å². The van der Waals surface area contributed by atoms with Gasteiger partial charge >= 0.3 is 0 Å². The van der Waals surface area contributed by atoms with E-state index in [9.17, 15) is 9.59 Å². The molecule has 1 aromatic carbocycles. The SMILES string of the molecule is CCN(CC)C(=O)CCC1CNC(=O)C2C(CCN2Cc2ccc(N(C)C)cc2)N1C. The normalized spacial score (nSPS) is 24.4. The number of nitrogens with zero attached hydrogens (tertiary/aromatic N) is 4. The van der Waals surface area contributed by atoms with E-state index in [1.807, 2.05) is 32.8 Å². The van der Waals surface area contributed by atoms with Gasteiger partial charge in [-0.15, -0.1) is 0 Å². The van der Waals surface area contributed by atoms with Gasteiger partial charge < -0.3 is 15.1 Å². The zero-order chi connectivity index (χ0) is 22.5. The Bertz CT molecular complexity index is 747. The second kappa shape index (κ2) is 10.5. The molecule has 0 radical (unpaired) electrons. The van der Waals surface area contributed by atoms with Crippen molar-refractivity contribution >= 4 is 17.5 Å². The van der Waals surface area contributed by atoms with E-state index in [4.69, 9.17) is 0 Å². The second-order valence-electron chi connectivity index (χ2n) is 9.00. The Morgan fingerprint density at radius 2 is 1.84 bits per heavy atom. The maximum atomic E-state index is 13.0. The van der Waals surface area contributed by atoms with Crippen molar-refractivity contribution in [2.75, 3.05) is 52.2 Å². The number of amides is 2. The number of anilines is 1. The number of likely N-dealkylation sites (tertiary alicyclic amines) is 1. The Labute approximate surface area is 187 Å². The van der Waals surface area contributed by atoms with Gasteiger partial charge in [0.15, 0.2) is 0 Å². The molecule has 0 bridgehead atoms. The van der Waals surface area contributed by atoms with Crippen LogP contribution in [0.25, 0.3) is 0 Å². The summed E-state index contributed by atoms with van der Waals surface area (Å²) in [4.78, 5) is 34.1. The molecule has 2 saturated heterocycles. The van der Waals surface area contributed by atoms with E-state index in [0.29, 0.717) is 13.0 Å². The molecule has 7 heteroatoms. The van der Waals surface area contributed by atoms with Crippen molar-refractivity contribution in [2.24, 2.45) is 0 Å². The minimum Gasteiger partial charge on any atom is -0.378 e. The van der Waals surface area contributed by atoms with Gasteiger partial charge in [0.05, 0.1) is 0 Å². The third-order valence-electron chi connectivity index (χ3n) is 7.00. The fourth-order valence-corrected chi connectivity index (χ4v) is 4.98. The summed E-state index contributed by atoms with van der Waals surface area (Å²) in [5, 5.41) is 3.16. The number of carbonyl (C=O) groups excluding carboxylic acids is 2. The lowest BCUT2D eigenvalue weighted by atomic mass is 10.0. The van der Waals surface area contributed by atoms with Crippen LogP contribution in [0.4, 0.5) is 5.69 Å². The highest BCUT2D eigenvalue weighted by Gasteiger charge is 2.44. The summed E-state index contributed by atoms with van der Waals surface area (Å²) in [6, 6.07) is 8.82. The molecule has 2 aliphatic heterocycles. The molecule has 0 aromatic heterocycles. The third-order valence-corrected chi connectivity index (χ3v) is 7.00. The Hall–Kier alpha value is -2.12. The summed E-state index contributed by atoms with van der Waals surface area (Å²) in [5.41, 5.74) is 2.41. The molecule has 172 valence electrons. The Kier molecular flexibility index (Phi) is 7.94. The largest absolute Gasteiger partial charge is 0.378 e. The molecule has 7 nitrogen and oxygen atoms in total. The molecule has 2 amide bonds. The second-order valence-corrected chi connectivity index (χ2v) is 9.00. The number of hydrogen-bond acceptors (Lipinski definition) is 5. The molecule has 2 heterocycles. The van der Waals surface area contributed by atoms with E-state index in [1.165, 1.54) is 11.3 Å². The maximum absolute atomic E-state index is 13.0. The van der Waals surface area contributed by atoms with Crippen molar-refractivity contribution in [1.82, 2.24) is 20.0 Å². The summed E-state index contributed by atoms with van der Waals surface area (Å²) in [7, 11) is 6.20. The Morgan fingerprint density at radius 1 is 1.16 bits per heavy atom. The topological polar surface area (TPSA) is 59.1 Å². The van der Waals surface area contributed by atoms with Gasteiger partial charge in [0.25, 0.3) is 0 Å². The average Bonchev–Trinajstić information content (AvgIpc) is 3.13. The van der Waals surface area contributed by atoms with Gasteiger partial charge in [0, 0.05) is 71.0 Å². The van der Waals surface area contributed by atoms with Gasteiger partial charge in [-0.1, -0.05) is 12.1 Å². The van der Waals surface area contributed by atoms with E-state index < -0.39 is 0 Å². The van der Waals surface area contributed by atoms with Gasteiger partial charge in [-0.25, -0.2) is 0 Å². The van der Waals surface area contributed by atoms with Gasteiger partial charge in [0.2, 0.25) is 11.8 Å². The number of hydrogen-bond donors (Lipinski definition) is 1. The Morgan fingerprint density at radius 3 is 2.45 bits per heavy atom. The molecule has 0 aliphatic carbocycles. The predicted octanol–water partition coefficient (Wildman–Crippen LogP) is 1.77. The van der Waals surface area contributed by atoms with Crippen molar-refractivity contribution in [2.45, 2.75) is 57.8 Å². The standard InChI is InChI=1S/C24H39N5O2/c1-6-28(7-2)22(30)13-12-20-16-25-24(31)23-21(27(20)5)14-15-29(23)17-18-8-10-19(11-9-18)26(3)4/h8-11,20-21,23H,6-7,12-17H2,1-5H3,(H,25,31). The number of nitrogens with one attached hydrogen (secondary N) is 1. The fourth-order valence-electron chi connectivity index (χ4n) is 4.98. The van der Waals surface area contributed by atoms with Crippen LogP contribution in [0.5, 0.6) is 0 Å². The molecule has 1 aromatic rings. The molecule has 0 spiro atoms. The molecule has 1 N–H and O–H groups in total. The summed E-state index contributed by atoms with van der Waals surface area (Å²) < 4.78 is 0. The zero-order valence-corrected chi connectivity index (χ0v) is 19.8. The van der Waals surface area contributed by atoms with Crippen LogP contribution in [-0.2, 0) is 16.1 Å². The highest BCUT2D eigenvalue weighted by molar-refractivity contribution is 5.83. The molecule has 0 saturated carbocycles.